The first kappa shape index (κ1) is 14.2. The average molecular weight is 277 g/mol. The van der Waals surface area contributed by atoms with Crippen LogP contribution in [0.5, 0.6) is 0 Å². The molecule has 1 heterocycles. The van der Waals surface area contributed by atoms with E-state index in [2.05, 4.69) is 9.72 Å². The van der Waals surface area contributed by atoms with Gasteiger partial charge in [0.2, 0.25) is 5.89 Å². The Kier molecular flexibility index (Phi) is 4.49. The summed E-state index contributed by atoms with van der Waals surface area (Å²) in [5.74, 6) is -0.497. The molecule has 0 spiro atoms. The van der Waals surface area contributed by atoms with Crippen molar-refractivity contribution in [1.82, 2.24) is 4.98 Å². The van der Waals surface area contributed by atoms with Crippen LogP contribution in [0.25, 0.3) is 0 Å². The largest absolute Gasteiger partial charge is 0.469 e. The molecule has 106 valence electrons. The van der Waals surface area contributed by atoms with E-state index < -0.39 is 18.2 Å². The summed E-state index contributed by atoms with van der Waals surface area (Å²) in [6.45, 7) is 0. The lowest BCUT2D eigenvalue weighted by atomic mass is 10.0. The molecule has 1 aromatic heterocycles. The molecule has 6 nitrogen and oxygen atoms in total. The Morgan fingerprint density at radius 1 is 1.30 bits per heavy atom. The fourth-order valence-electron chi connectivity index (χ4n) is 1.73. The highest BCUT2D eigenvalue weighted by Gasteiger charge is 2.25. The summed E-state index contributed by atoms with van der Waals surface area (Å²) >= 11 is 0. The normalized spacial score (nSPS) is 13.8. The second-order valence-corrected chi connectivity index (χ2v) is 4.23. The van der Waals surface area contributed by atoms with Gasteiger partial charge in [-0.05, 0) is 5.56 Å². The second kappa shape index (κ2) is 6.31. The number of carbonyl (C=O) groups is 1. The smallest absolute Gasteiger partial charge is 0.311 e. The van der Waals surface area contributed by atoms with Crippen LogP contribution >= 0.6 is 0 Å². The molecule has 0 aliphatic rings. The number of rotatable bonds is 5. The summed E-state index contributed by atoms with van der Waals surface area (Å²) in [7, 11) is 1.28. The molecule has 6 heteroatoms. The highest BCUT2D eigenvalue weighted by molar-refractivity contribution is 5.71. The molecule has 0 unspecified atom stereocenters. The molecule has 0 fully saturated rings. The average Bonchev–Trinajstić information content (AvgIpc) is 2.95. The Labute approximate surface area is 115 Å². The molecule has 1 aromatic carbocycles. The van der Waals surface area contributed by atoms with E-state index in [1.54, 1.807) is 24.3 Å². The quantitative estimate of drug-likeness (QED) is 0.797. The molecule has 2 atom stereocenters. The molecule has 0 radical (unpaired) electrons. The molecule has 2 rings (SSSR count). The van der Waals surface area contributed by atoms with Crippen molar-refractivity contribution in [2.24, 2.45) is 0 Å². The molecule has 2 N–H and O–H groups in total. The second-order valence-electron chi connectivity index (χ2n) is 4.23. The number of benzene rings is 1. The van der Waals surface area contributed by atoms with Gasteiger partial charge in [0.25, 0.3) is 0 Å². The number of carbonyl (C=O) groups excluding carboxylic acids is 1. The molecule has 0 aliphatic carbocycles. The van der Waals surface area contributed by atoms with Gasteiger partial charge in [-0.3, -0.25) is 4.79 Å². The summed E-state index contributed by atoms with van der Waals surface area (Å²) in [5, 5.41) is 20.1. The lowest BCUT2D eigenvalue weighted by Crippen LogP contribution is -2.11. The van der Waals surface area contributed by atoms with E-state index >= 15 is 0 Å². The first-order chi connectivity index (χ1) is 9.61. The summed E-state index contributed by atoms with van der Waals surface area (Å²) < 4.78 is 9.59. The topological polar surface area (TPSA) is 92.8 Å². The maximum absolute atomic E-state index is 11.1. The van der Waals surface area contributed by atoms with Gasteiger partial charge in [-0.15, -0.1) is 0 Å². The number of aromatic nitrogens is 1. The Balaban J connectivity index is 2.09. The van der Waals surface area contributed by atoms with Crippen LogP contribution in [0, 0.1) is 0 Å². The van der Waals surface area contributed by atoms with E-state index in [0.29, 0.717) is 11.3 Å². The first-order valence-corrected chi connectivity index (χ1v) is 6.04. The van der Waals surface area contributed by atoms with Crippen molar-refractivity contribution in [2.45, 2.75) is 18.6 Å². The molecule has 2 aromatic rings. The predicted molar refractivity (Wildman–Crippen MR) is 68.6 cm³/mol. The van der Waals surface area contributed by atoms with Crippen LogP contribution in [-0.4, -0.2) is 28.3 Å². The zero-order valence-corrected chi connectivity index (χ0v) is 10.9. The van der Waals surface area contributed by atoms with Gasteiger partial charge < -0.3 is 19.4 Å². The van der Waals surface area contributed by atoms with Crippen LogP contribution in [0.4, 0.5) is 0 Å². The van der Waals surface area contributed by atoms with E-state index in [1.165, 1.54) is 13.4 Å². The van der Waals surface area contributed by atoms with Crippen LogP contribution < -0.4 is 0 Å². The fraction of sp³-hybridized carbons (Fsp3) is 0.286. The van der Waals surface area contributed by atoms with Crippen molar-refractivity contribution in [2.75, 3.05) is 7.11 Å². The first-order valence-electron chi connectivity index (χ1n) is 6.04. The fourth-order valence-corrected chi connectivity index (χ4v) is 1.73. The molecular formula is C14H15NO5. The minimum absolute atomic E-state index is 0.0414. The Morgan fingerprint density at radius 2 is 2.00 bits per heavy atom. The molecule has 0 saturated heterocycles. The standard InChI is InChI=1S/C14H15NO5/c1-19-11(16)7-10-8-20-14(15-10)13(18)12(17)9-5-3-2-4-6-9/h2-6,8,12-13,17-18H,7H2,1H3/t12-,13+/m1/s1. The number of aliphatic hydroxyl groups excluding tert-OH is 2. The molecular weight excluding hydrogens is 262 g/mol. The lowest BCUT2D eigenvalue weighted by Gasteiger charge is -2.14. The van der Waals surface area contributed by atoms with Gasteiger partial charge in [-0.1, -0.05) is 30.3 Å². The van der Waals surface area contributed by atoms with Crippen LogP contribution in [0.3, 0.4) is 0 Å². The molecule has 0 amide bonds. The van der Waals surface area contributed by atoms with Gasteiger partial charge in [0, 0.05) is 0 Å². The van der Waals surface area contributed by atoms with E-state index in [-0.39, 0.29) is 12.3 Å². The maximum Gasteiger partial charge on any atom is 0.311 e. The number of aliphatic hydroxyl groups is 2. The van der Waals surface area contributed by atoms with E-state index in [4.69, 9.17) is 4.42 Å². The van der Waals surface area contributed by atoms with E-state index in [0.717, 1.165) is 0 Å². The minimum atomic E-state index is -1.30. The van der Waals surface area contributed by atoms with Gasteiger partial charge in [-0.25, -0.2) is 4.98 Å². The number of esters is 1. The Bertz CT molecular complexity index is 566. The van der Waals surface area contributed by atoms with Crippen LogP contribution in [0.2, 0.25) is 0 Å². The summed E-state index contributed by atoms with van der Waals surface area (Å²) in [6.07, 6.45) is -1.24. The molecule has 0 bridgehead atoms. The number of hydrogen-bond donors (Lipinski definition) is 2. The van der Waals surface area contributed by atoms with Crippen LogP contribution in [-0.2, 0) is 16.0 Å². The zero-order chi connectivity index (χ0) is 14.5. The lowest BCUT2D eigenvalue weighted by molar-refractivity contribution is -0.139. The predicted octanol–water partition coefficient (Wildman–Crippen LogP) is 1.16. The van der Waals surface area contributed by atoms with Crippen molar-refractivity contribution in [3.63, 3.8) is 0 Å². The van der Waals surface area contributed by atoms with Gasteiger partial charge in [0.1, 0.15) is 12.4 Å². The Hall–Kier alpha value is -2.18. The third-order valence-electron chi connectivity index (χ3n) is 2.82. The number of nitrogens with zero attached hydrogens (tertiary/aromatic N) is 1. The number of ether oxygens (including phenoxy) is 1. The highest BCUT2D eigenvalue weighted by Crippen LogP contribution is 2.27. The van der Waals surface area contributed by atoms with Crippen molar-refractivity contribution >= 4 is 5.97 Å². The summed E-state index contributed by atoms with van der Waals surface area (Å²) in [4.78, 5) is 15.1. The minimum Gasteiger partial charge on any atom is -0.469 e. The maximum atomic E-state index is 11.1. The van der Waals surface area contributed by atoms with Crippen molar-refractivity contribution in [3.05, 3.63) is 53.7 Å². The zero-order valence-electron chi connectivity index (χ0n) is 10.9. The SMILES string of the molecule is COC(=O)Cc1coc([C@@H](O)[C@H](O)c2ccccc2)n1. The van der Waals surface area contributed by atoms with Crippen LogP contribution in [0.1, 0.15) is 29.4 Å². The van der Waals surface area contributed by atoms with E-state index in [1.807, 2.05) is 6.07 Å². The monoisotopic (exact) mass is 277 g/mol. The third kappa shape index (κ3) is 3.23. The molecule has 0 aliphatic heterocycles. The number of oxazole rings is 1. The number of methoxy groups -OCH3 is 1. The third-order valence-corrected chi connectivity index (χ3v) is 2.82. The summed E-state index contributed by atoms with van der Waals surface area (Å²) in [6, 6.07) is 8.69. The van der Waals surface area contributed by atoms with Gasteiger partial charge in [0.15, 0.2) is 6.10 Å². The molecule has 20 heavy (non-hydrogen) atoms. The van der Waals surface area contributed by atoms with Crippen molar-refractivity contribution in [1.29, 1.82) is 0 Å². The highest BCUT2D eigenvalue weighted by atomic mass is 16.5. The van der Waals surface area contributed by atoms with E-state index in [9.17, 15) is 15.0 Å². The van der Waals surface area contributed by atoms with Crippen molar-refractivity contribution in [3.8, 4) is 0 Å². The summed E-state index contributed by atoms with van der Waals surface area (Å²) in [5.41, 5.74) is 0.888. The van der Waals surface area contributed by atoms with Gasteiger partial charge in [-0.2, -0.15) is 0 Å². The van der Waals surface area contributed by atoms with Gasteiger partial charge >= 0.3 is 5.97 Å². The Morgan fingerprint density at radius 3 is 2.65 bits per heavy atom. The molecule has 0 saturated carbocycles. The van der Waals surface area contributed by atoms with Gasteiger partial charge in [0.05, 0.1) is 19.2 Å². The van der Waals surface area contributed by atoms with Crippen molar-refractivity contribution < 1.29 is 24.2 Å². The number of hydrogen-bond acceptors (Lipinski definition) is 6. The van der Waals surface area contributed by atoms with Crippen LogP contribution in [0.15, 0.2) is 41.0 Å².